The van der Waals surface area contributed by atoms with E-state index in [0.717, 1.165) is 12.0 Å². The third-order valence-corrected chi connectivity index (χ3v) is 3.57. The number of ketones is 1. The lowest BCUT2D eigenvalue weighted by Gasteiger charge is -2.25. The molecule has 18 heavy (non-hydrogen) atoms. The Hall–Kier alpha value is -2.09. The van der Waals surface area contributed by atoms with Crippen molar-refractivity contribution in [1.82, 2.24) is 0 Å². The minimum Gasteiger partial charge on any atom is -0.508 e. The summed E-state index contributed by atoms with van der Waals surface area (Å²) in [7, 11) is 0. The van der Waals surface area contributed by atoms with E-state index in [0.29, 0.717) is 12.0 Å². The summed E-state index contributed by atoms with van der Waals surface area (Å²) >= 11 is 0. The fourth-order valence-corrected chi connectivity index (χ4v) is 2.69. The van der Waals surface area contributed by atoms with Crippen LogP contribution >= 0.6 is 0 Å². The van der Waals surface area contributed by atoms with Gasteiger partial charge in [0.1, 0.15) is 5.75 Å². The van der Waals surface area contributed by atoms with Gasteiger partial charge >= 0.3 is 0 Å². The largest absolute Gasteiger partial charge is 0.508 e. The molecule has 0 saturated carbocycles. The molecule has 1 aliphatic rings. The minimum absolute atomic E-state index is 0.132. The Labute approximate surface area is 106 Å². The normalized spacial score (nSPS) is 18.4. The molecule has 0 radical (unpaired) electrons. The van der Waals surface area contributed by atoms with Crippen LogP contribution < -0.4 is 0 Å². The van der Waals surface area contributed by atoms with E-state index in [1.54, 1.807) is 12.1 Å². The van der Waals surface area contributed by atoms with Crippen molar-refractivity contribution in [1.29, 1.82) is 0 Å². The van der Waals surface area contributed by atoms with Gasteiger partial charge in [-0.05, 0) is 29.7 Å². The zero-order valence-corrected chi connectivity index (χ0v) is 9.97. The monoisotopic (exact) mass is 238 g/mol. The summed E-state index contributed by atoms with van der Waals surface area (Å²) in [5, 5.41) is 9.51. The van der Waals surface area contributed by atoms with Gasteiger partial charge in [0.15, 0.2) is 5.78 Å². The molecule has 0 bridgehead atoms. The smallest absolute Gasteiger partial charge is 0.163 e. The van der Waals surface area contributed by atoms with Crippen molar-refractivity contribution in [3.05, 3.63) is 65.2 Å². The quantitative estimate of drug-likeness (QED) is 0.825. The molecule has 0 fully saturated rings. The number of hydrogen-bond acceptors (Lipinski definition) is 2. The first-order valence-corrected chi connectivity index (χ1v) is 6.17. The summed E-state index contributed by atoms with van der Waals surface area (Å²) in [5.74, 6) is 0.559. The number of carbonyl (C=O) groups excluding carboxylic acids is 1. The summed E-state index contributed by atoms with van der Waals surface area (Å²) in [5.41, 5.74) is 2.95. The maximum Gasteiger partial charge on any atom is 0.163 e. The second-order valence-electron chi connectivity index (χ2n) is 4.70. The fraction of sp³-hybridized carbons (Fsp3) is 0.188. The lowest BCUT2D eigenvalue weighted by molar-refractivity contribution is 0.0969. The van der Waals surface area contributed by atoms with Crippen LogP contribution in [0.25, 0.3) is 0 Å². The molecular formula is C16H14O2. The summed E-state index contributed by atoms with van der Waals surface area (Å²) in [6.07, 6.45) is 1.40. The molecule has 1 atom stereocenters. The SMILES string of the molecule is O=C1CC[C@@H](c2ccccc2)c2ccc(O)cc21. The zero-order chi connectivity index (χ0) is 12.5. The number of rotatable bonds is 1. The van der Waals surface area contributed by atoms with Gasteiger partial charge in [0.05, 0.1) is 0 Å². The minimum atomic E-state index is 0.132. The van der Waals surface area contributed by atoms with Gasteiger partial charge in [0.25, 0.3) is 0 Å². The van der Waals surface area contributed by atoms with E-state index in [4.69, 9.17) is 0 Å². The van der Waals surface area contributed by atoms with Crippen molar-refractivity contribution in [3.63, 3.8) is 0 Å². The Balaban J connectivity index is 2.11. The van der Waals surface area contributed by atoms with Crippen LogP contribution in [0.5, 0.6) is 5.75 Å². The highest BCUT2D eigenvalue weighted by molar-refractivity contribution is 5.99. The molecule has 0 spiro atoms. The van der Waals surface area contributed by atoms with E-state index in [-0.39, 0.29) is 17.5 Å². The molecule has 2 aromatic rings. The van der Waals surface area contributed by atoms with E-state index in [1.807, 2.05) is 24.3 Å². The number of benzene rings is 2. The number of phenols is 1. The maximum absolute atomic E-state index is 11.9. The Morgan fingerprint density at radius 2 is 1.83 bits per heavy atom. The average Bonchev–Trinajstić information content (AvgIpc) is 2.41. The molecule has 1 N–H and O–H groups in total. The molecular weight excluding hydrogens is 224 g/mol. The van der Waals surface area contributed by atoms with Gasteiger partial charge in [0.2, 0.25) is 0 Å². The van der Waals surface area contributed by atoms with Crippen LogP contribution in [0.3, 0.4) is 0 Å². The van der Waals surface area contributed by atoms with Gasteiger partial charge in [0, 0.05) is 17.9 Å². The van der Waals surface area contributed by atoms with Crippen LogP contribution in [-0.2, 0) is 0 Å². The van der Waals surface area contributed by atoms with Crippen molar-refractivity contribution < 1.29 is 9.90 Å². The highest BCUT2D eigenvalue weighted by Crippen LogP contribution is 2.37. The summed E-state index contributed by atoms with van der Waals surface area (Å²) < 4.78 is 0. The Morgan fingerprint density at radius 3 is 2.61 bits per heavy atom. The first kappa shape index (κ1) is 11.0. The molecule has 0 saturated heterocycles. The topological polar surface area (TPSA) is 37.3 Å². The summed E-state index contributed by atoms with van der Waals surface area (Å²) in [4.78, 5) is 11.9. The number of aromatic hydroxyl groups is 1. The second-order valence-corrected chi connectivity index (χ2v) is 4.70. The number of carbonyl (C=O) groups is 1. The summed E-state index contributed by atoms with van der Waals surface area (Å²) in [6.45, 7) is 0. The lowest BCUT2D eigenvalue weighted by Crippen LogP contribution is -2.16. The Bertz CT molecular complexity index is 587. The molecule has 90 valence electrons. The second kappa shape index (κ2) is 4.30. The Kier molecular flexibility index (Phi) is 2.63. The zero-order valence-electron chi connectivity index (χ0n) is 9.97. The molecule has 2 nitrogen and oxygen atoms in total. The molecule has 0 aromatic heterocycles. The van der Waals surface area contributed by atoms with Crippen molar-refractivity contribution in [3.8, 4) is 5.75 Å². The van der Waals surface area contributed by atoms with Gasteiger partial charge in [-0.25, -0.2) is 0 Å². The van der Waals surface area contributed by atoms with Crippen molar-refractivity contribution >= 4 is 5.78 Å². The van der Waals surface area contributed by atoms with Crippen LogP contribution in [0.15, 0.2) is 48.5 Å². The highest BCUT2D eigenvalue weighted by atomic mass is 16.3. The van der Waals surface area contributed by atoms with E-state index in [1.165, 1.54) is 5.56 Å². The third kappa shape index (κ3) is 1.80. The molecule has 0 heterocycles. The number of hydrogen-bond donors (Lipinski definition) is 1. The predicted octanol–water partition coefficient (Wildman–Crippen LogP) is 3.50. The van der Waals surface area contributed by atoms with Crippen LogP contribution in [-0.4, -0.2) is 10.9 Å². The first-order chi connectivity index (χ1) is 8.75. The first-order valence-electron chi connectivity index (χ1n) is 6.17. The van der Waals surface area contributed by atoms with Crippen molar-refractivity contribution in [2.45, 2.75) is 18.8 Å². The molecule has 0 aliphatic heterocycles. The number of Topliss-reactive ketones (excluding diaryl/α,β-unsaturated/α-hetero) is 1. The van der Waals surface area contributed by atoms with E-state index < -0.39 is 0 Å². The van der Waals surface area contributed by atoms with Gasteiger partial charge in [-0.2, -0.15) is 0 Å². The van der Waals surface area contributed by atoms with Crippen molar-refractivity contribution in [2.24, 2.45) is 0 Å². The summed E-state index contributed by atoms with van der Waals surface area (Å²) in [6, 6.07) is 15.3. The molecule has 3 rings (SSSR count). The highest BCUT2D eigenvalue weighted by Gasteiger charge is 2.26. The third-order valence-electron chi connectivity index (χ3n) is 3.57. The van der Waals surface area contributed by atoms with Gasteiger partial charge in [-0.3, -0.25) is 4.79 Å². The van der Waals surface area contributed by atoms with Crippen LogP contribution in [0, 0.1) is 0 Å². The standard InChI is InChI=1S/C16H14O2/c17-12-6-7-14-13(11-4-2-1-3-5-11)8-9-16(18)15(14)10-12/h1-7,10,13,17H,8-9H2/t13-/m0/s1. The van der Waals surface area contributed by atoms with Crippen LogP contribution in [0.2, 0.25) is 0 Å². The molecule has 0 unspecified atom stereocenters. The Morgan fingerprint density at radius 1 is 1.06 bits per heavy atom. The molecule has 0 amide bonds. The molecule has 2 heteroatoms. The molecule has 1 aliphatic carbocycles. The lowest BCUT2D eigenvalue weighted by atomic mass is 9.78. The number of phenolic OH excluding ortho intramolecular Hbond substituents is 1. The van der Waals surface area contributed by atoms with Gasteiger partial charge in [-0.15, -0.1) is 0 Å². The van der Waals surface area contributed by atoms with E-state index in [2.05, 4.69) is 12.1 Å². The fourth-order valence-electron chi connectivity index (χ4n) is 2.69. The van der Waals surface area contributed by atoms with E-state index in [9.17, 15) is 9.90 Å². The maximum atomic E-state index is 11.9. The van der Waals surface area contributed by atoms with Crippen molar-refractivity contribution in [2.75, 3.05) is 0 Å². The van der Waals surface area contributed by atoms with Crippen LogP contribution in [0.4, 0.5) is 0 Å². The van der Waals surface area contributed by atoms with E-state index >= 15 is 0 Å². The van der Waals surface area contributed by atoms with Gasteiger partial charge < -0.3 is 5.11 Å². The van der Waals surface area contributed by atoms with Gasteiger partial charge in [-0.1, -0.05) is 36.4 Å². The van der Waals surface area contributed by atoms with Crippen LogP contribution in [0.1, 0.15) is 40.2 Å². The predicted molar refractivity (Wildman–Crippen MR) is 70.0 cm³/mol. The number of fused-ring (bicyclic) bond motifs is 1. The average molecular weight is 238 g/mol. The molecule has 2 aromatic carbocycles.